The van der Waals surface area contributed by atoms with Crippen molar-refractivity contribution in [2.24, 2.45) is 5.92 Å². The average Bonchev–Trinajstić information content (AvgIpc) is 2.94. The summed E-state index contributed by atoms with van der Waals surface area (Å²) in [5, 5.41) is 23.2. The van der Waals surface area contributed by atoms with E-state index in [2.05, 4.69) is 22.0 Å². The van der Waals surface area contributed by atoms with Crippen molar-refractivity contribution in [2.45, 2.75) is 89.5 Å². The van der Waals surface area contributed by atoms with Crippen LogP contribution in [0.4, 0.5) is 0 Å². The number of carbonyl (C=O) groups is 1. The monoisotopic (exact) mass is 385 g/mol. The quantitative estimate of drug-likeness (QED) is 0.573. The Bertz CT molecular complexity index is 466. The van der Waals surface area contributed by atoms with Gasteiger partial charge in [0.25, 0.3) is 0 Å². The van der Waals surface area contributed by atoms with Gasteiger partial charge in [-0.1, -0.05) is 13.3 Å². The number of aliphatic hydroxyl groups excluding tert-OH is 2. The topological polar surface area (TPSA) is 85.3 Å². The molecule has 2 saturated heterocycles. The molecule has 2 rings (SSSR count). The molecule has 2 fully saturated rings. The first kappa shape index (κ1) is 22.6. The molecule has 0 aromatic rings. The van der Waals surface area contributed by atoms with E-state index in [0.717, 1.165) is 32.2 Å². The minimum Gasteiger partial charge on any atom is -0.391 e. The number of nitrogens with zero attached hydrogens (tertiary/aromatic N) is 2. The van der Waals surface area contributed by atoms with Crippen LogP contribution in [0.15, 0.2) is 0 Å². The standard InChI is InChI=1S/C20H39N3O4/c1-6-7-15-9-18(23(5)11-15)20(26)21-17(14(3)24)12-22(4)16-8-13(2)27-19(25)10-16/h13-19,24-25H,6-12H2,1-5H3,(H,21,26)/t13-,14-,15-,16+,17?,18+,19-/m1/s1. The zero-order valence-electron chi connectivity index (χ0n) is 17.6. The average molecular weight is 386 g/mol. The predicted molar refractivity (Wildman–Crippen MR) is 105 cm³/mol. The summed E-state index contributed by atoms with van der Waals surface area (Å²) in [5.41, 5.74) is 0. The van der Waals surface area contributed by atoms with Crippen LogP contribution in [0.3, 0.4) is 0 Å². The molecule has 7 nitrogen and oxygen atoms in total. The zero-order chi connectivity index (χ0) is 20.1. The van der Waals surface area contributed by atoms with E-state index in [1.165, 1.54) is 0 Å². The summed E-state index contributed by atoms with van der Waals surface area (Å²) in [6.45, 7) is 7.37. The molecule has 2 aliphatic heterocycles. The second-order valence-electron chi connectivity index (χ2n) is 8.67. The molecule has 0 bridgehead atoms. The number of hydrogen-bond donors (Lipinski definition) is 3. The molecule has 3 N–H and O–H groups in total. The molecule has 0 aromatic carbocycles. The molecule has 0 saturated carbocycles. The minimum atomic E-state index is -0.747. The van der Waals surface area contributed by atoms with Crippen LogP contribution in [0.25, 0.3) is 0 Å². The second-order valence-corrected chi connectivity index (χ2v) is 8.67. The van der Waals surface area contributed by atoms with E-state index >= 15 is 0 Å². The lowest BCUT2D eigenvalue weighted by atomic mass is 9.99. The third-order valence-corrected chi connectivity index (χ3v) is 6.12. The molecular formula is C20H39N3O4. The van der Waals surface area contributed by atoms with Gasteiger partial charge < -0.3 is 25.2 Å². The van der Waals surface area contributed by atoms with E-state index in [1.54, 1.807) is 6.92 Å². The molecular weight excluding hydrogens is 346 g/mol. The predicted octanol–water partition coefficient (Wildman–Crippen LogP) is 0.790. The zero-order valence-corrected chi connectivity index (χ0v) is 17.6. The summed E-state index contributed by atoms with van der Waals surface area (Å²) in [6, 6.07) is -0.278. The van der Waals surface area contributed by atoms with Gasteiger partial charge in [-0.3, -0.25) is 9.69 Å². The molecule has 2 aliphatic rings. The summed E-state index contributed by atoms with van der Waals surface area (Å²) in [7, 11) is 3.99. The molecule has 7 heteroatoms. The van der Waals surface area contributed by atoms with Gasteiger partial charge in [-0.2, -0.15) is 0 Å². The normalized spacial score (nSPS) is 34.6. The van der Waals surface area contributed by atoms with Crippen molar-refractivity contribution >= 4 is 5.91 Å². The van der Waals surface area contributed by atoms with E-state index < -0.39 is 12.4 Å². The molecule has 0 spiro atoms. The van der Waals surface area contributed by atoms with Gasteiger partial charge in [0.1, 0.15) is 0 Å². The number of nitrogens with one attached hydrogen (secondary N) is 1. The Morgan fingerprint density at radius 2 is 2.07 bits per heavy atom. The van der Waals surface area contributed by atoms with Gasteiger partial charge in [-0.15, -0.1) is 0 Å². The first-order valence-electron chi connectivity index (χ1n) is 10.4. The van der Waals surface area contributed by atoms with Crippen molar-refractivity contribution in [3.63, 3.8) is 0 Å². The Morgan fingerprint density at radius 3 is 2.67 bits per heavy atom. The summed E-state index contributed by atoms with van der Waals surface area (Å²) < 4.78 is 5.40. The number of ether oxygens (including phenoxy) is 1. The van der Waals surface area contributed by atoms with Crippen LogP contribution in [0.5, 0.6) is 0 Å². The lowest BCUT2D eigenvalue weighted by Gasteiger charge is -2.38. The van der Waals surface area contributed by atoms with Gasteiger partial charge in [-0.05, 0) is 53.1 Å². The molecule has 7 atom stereocenters. The summed E-state index contributed by atoms with van der Waals surface area (Å²) in [6.07, 6.45) is 3.18. The van der Waals surface area contributed by atoms with Crippen molar-refractivity contribution in [3.8, 4) is 0 Å². The highest BCUT2D eigenvalue weighted by Gasteiger charge is 2.36. The Balaban J connectivity index is 1.92. The lowest BCUT2D eigenvalue weighted by molar-refractivity contribution is -0.174. The Labute approximate surface area is 164 Å². The van der Waals surface area contributed by atoms with E-state index in [1.807, 2.05) is 21.0 Å². The highest BCUT2D eigenvalue weighted by Crippen LogP contribution is 2.26. The molecule has 0 radical (unpaired) electrons. The van der Waals surface area contributed by atoms with Crippen LogP contribution in [0.1, 0.15) is 52.9 Å². The van der Waals surface area contributed by atoms with E-state index in [0.29, 0.717) is 18.9 Å². The number of aliphatic hydroxyl groups is 2. The van der Waals surface area contributed by atoms with Crippen molar-refractivity contribution in [1.82, 2.24) is 15.1 Å². The molecule has 0 aliphatic carbocycles. The van der Waals surface area contributed by atoms with Gasteiger partial charge in [0.15, 0.2) is 6.29 Å². The maximum atomic E-state index is 12.8. The third kappa shape index (κ3) is 6.39. The summed E-state index contributed by atoms with van der Waals surface area (Å²) >= 11 is 0. The number of likely N-dealkylation sites (tertiary alicyclic amines) is 1. The molecule has 1 unspecified atom stereocenters. The second kappa shape index (κ2) is 10.2. The summed E-state index contributed by atoms with van der Waals surface area (Å²) in [5.74, 6) is 0.587. The highest BCUT2D eigenvalue weighted by atomic mass is 16.6. The highest BCUT2D eigenvalue weighted by molar-refractivity contribution is 5.82. The van der Waals surface area contributed by atoms with Crippen LogP contribution in [-0.2, 0) is 9.53 Å². The number of likely N-dealkylation sites (N-methyl/N-ethyl adjacent to an activating group) is 2. The molecule has 158 valence electrons. The van der Waals surface area contributed by atoms with Gasteiger partial charge >= 0.3 is 0 Å². The van der Waals surface area contributed by atoms with Crippen LogP contribution in [0, 0.1) is 5.92 Å². The van der Waals surface area contributed by atoms with E-state index in [-0.39, 0.29) is 30.1 Å². The lowest BCUT2D eigenvalue weighted by Crippen LogP contribution is -2.55. The smallest absolute Gasteiger partial charge is 0.237 e. The van der Waals surface area contributed by atoms with Gasteiger partial charge in [0.2, 0.25) is 5.91 Å². The van der Waals surface area contributed by atoms with E-state index in [9.17, 15) is 15.0 Å². The fourth-order valence-corrected chi connectivity index (χ4v) is 4.54. The Hall–Kier alpha value is -0.730. The Morgan fingerprint density at radius 1 is 1.37 bits per heavy atom. The number of rotatable bonds is 8. The number of amides is 1. The maximum Gasteiger partial charge on any atom is 0.237 e. The van der Waals surface area contributed by atoms with Gasteiger partial charge in [0.05, 0.1) is 24.3 Å². The first-order valence-corrected chi connectivity index (χ1v) is 10.4. The first-order chi connectivity index (χ1) is 12.7. The molecule has 1 amide bonds. The summed E-state index contributed by atoms with van der Waals surface area (Å²) in [4.78, 5) is 17.1. The third-order valence-electron chi connectivity index (χ3n) is 6.12. The fraction of sp³-hybridized carbons (Fsp3) is 0.950. The van der Waals surface area contributed by atoms with Crippen molar-refractivity contribution < 1.29 is 19.7 Å². The minimum absolute atomic E-state index is 0.00317. The maximum absolute atomic E-state index is 12.8. The van der Waals surface area contributed by atoms with E-state index in [4.69, 9.17) is 4.74 Å². The van der Waals surface area contributed by atoms with Gasteiger partial charge in [-0.25, -0.2) is 0 Å². The molecule has 0 aromatic heterocycles. The van der Waals surface area contributed by atoms with Crippen molar-refractivity contribution in [3.05, 3.63) is 0 Å². The number of hydrogen-bond acceptors (Lipinski definition) is 6. The van der Waals surface area contributed by atoms with Gasteiger partial charge in [0, 0.05) is 25.6 Å². The van der Waals surface area contributed by atoms with Crippen LogP contribution in [-0.4, -0.2) is 89.7 Å². The SMILES string of the molecule is CCC[C@@H]1C[C@@H](C(=O)NC(CN(C)[C@H]2C[C@@H](C)O[C@@H](O)C2)[C@@H](C)O)N(C)C1. The van der Waals surface area contributed by atoms with Crippen LogP contribution >= 0.6 is 0 Å². The fourth-order valence-electron chi connectivity index (χ4n) is 4.54. The van der Waals surface area contributed by atoms with Crippen molar-refractivity contribution in [1.29, 1.82) is 0 Å². The van der Waals surface area contributed by atoms with Crippen molar-refractivity contribution in [2.75, 3.05) is 27.2 Å². The molecule has 27 heavy (non-hydrogen) atoms. The Kier molecular flexibility index (Phi) is 8.49. The number of carbonyl (C=O) groups excluding carboxylic acids is 1. The largest absolute Gasteiger partial charge is 0.391 e. The molecule has 2 heterocycles. The van der Waals surface area contributed by atoms with Crippen LogP contribution in [0.2, 0.25) is 0 Å². The van der Waals surface area contributed by atoms with Crippen LogP contribution < -0.4 is 5.32 Å².